The fourth-order valence-corrected chi connectivity index (χ4v) is 2.31. The Morgan fingerprint density at radius 1 is 1.12 bits per heavy atom. The number of rotatable bonds is 2. The van der Waals surface area contributed by atoms with E-state index < -0.39 is 42.2 Å². The molecule has 2 rings (SSSR count). The van der Waals surface area contributed by atoms with E-state index in [2.05, 4.69) is 10.1 Å². The number of nitrogens with zero attached hydrogens (tertiary/aromatic N) is 2. The molecule has 0 saturated heterocycles. The van der Waals surface area contributed by atoms with Crippen molar-refractivity contribution in [3.05, 3.63) is 46.8 Å². The van der Waals surface area contributed by atoms with Crippen molar-refractivity contribution in [2.24, 2.45) is 10.9 Å². The second-order valence-electron chi connectivity index (χ2n) is 4.97. The Kier molecular flexibility index (Phi) is 4.59. The summed E-state index contributed by atoms with van der Waals surface area (Å²) in [5, 5.41) is 11.3. The molecule has 0 fully saturated rings. The number of hydrogen-bond donors (Lipinski definition) is 2. The lowest BCUT2D eigenvalue weighted by Gasteiger charge is -2.23. The lowest BCUT2D eigenvalue weighted by Crippen LogP contribution is -2.21. The highest BCUT2D eigenvalue weighted by molar-refractivity contribution is 5.96. The molecular weight excluding hydrogens is 340 g/mol. The lowest BCUT2D eigenvalue weighted by atomic mass is 9.87. The molecule has 1 aromatic heterocycles. The maximum Gasteiger partial charge on any atom is 0.416 e. The monoisotopic (exact) mass is 351 g/mol. The molecule has 0 saturated carbocycles. The van der Waals surface area contributed by atoms with Crippen LogP contribution in [0.2, 0.25) is 0 Å². The number of hydrogen-bond acceptors (Lipinski definition) is 3. The third-order valence-electron chi connectivity index (χ3n) is 3.44. The molecule has 3 N–H and O–H groups in total. The molecule has 0 spiro atoms. The summed E-state index contributed by atoms with van der Waals surface area (Å²) < 4.78 is 77.7. The largest absolute Gasteiger partial charge is 0.416 e. The molecule has 130 valence electrons. The van der Waals surface area contributed by atoms with Gasteiger partial charge in [-0.15, -0.1) is 0 Å². The van der Waals surface area contributed by atoms with Crippen LogP contribution in [0.15, 0.2) is 40.7 Å². The number of amidine groups is 1. The molecule has 0 atom stereocenters. The third kappa shape index (κ3) is 3.69. The normalized spacial score (nSPS) is 17.1. The van der Waals surface area contributed by atoms with Crippen LogP contribution in [0.3, 0.4) is 0 Å². The van der Waals surface area contributed by atoms with Gasteiger partial charge < -0.3 is 10.9 Å². The van der Waals surface area contributed by atoms with Crippen molar-refractivity contribution in [3.8, 4) is 0 Å². The van der Waals surface area contributed by atoms with Crippen LogP contribution in [0, 0.1) is 0 Å². The number of pyridine rings is 1. The van der Waals surface area contributed by atoms with E-state index in [4.69, 9.17) is 10.9 Å². The van der Waals surface area contributed by atoms with Crippen LogP contribution in [-0.4, -0.2) is 28.4 Å². The molecule has 24 heavy (non-hydrogen) atoms. The maximum absolute atomic E-state index is 13.2. The van der Waals surface area contributed by atoms with Crippen LogP contribution in [0.25, 0.3) is 5.57 Å². The molecule has 10 heteroatoms. The molecule has 4 nitrogen and oxygen atoms in total. The molecule has 0 aromatic carbocycles. The summed E-state index contributed by atoms with van der Waals surface area (Å²) in [6, 6.07) is 2.35. The van der Waals surface area contributed by atoms with E-state index in [9.17, 15) is 26.3 Å². The van der Waals surface area contributed by atoms with Crippen LogP contribution in [-0.2, 0) is 0 Å². The minimum atomic E-state index is -4.95. The van der Waals surface area contributed by atoms with E-state index >= 15 is 0 Å². The van der Waals surface area contributed by atoms with E-state index in [0.29, 0.717) is 0 Å². The molecular formula is C14H11F6N3O. The summed E-state index contributed by atoms with van der Waals surface area (Å²) in [7, 11) is 0. The zero-order valence-electron chi connectivity index (χ0n) is 11.9. The van der Waals surface area contributed by atoms with Gasteiger partial charge in [-0.05, 0) is 42.2 Å². The smallest absolute Gasteiger partial charge is 0.409 e. The Bertz CT molecular complexity index is 731. The van der Waals surface area contributed by atoms with Crippen LogP contribution < -0.4 is 5.73 Å². The highest BCUT2D eigenvalue weighted by atomic mass is 19.4. The Hall–Kier alpha value is -2.52. The van der Waals surface area contributed by atoms with Gasteiger partial charge in [-0.3, -0.25) is 4.98 Å². The van der Waals surface area contributed by atoms with Crippen molar-refractivity contribution in [3.63, 3.8) is 0 Å². The number of nitrogens with two attached hydrogens (primary N) is 1. The molecule has 0 radical (unpaired) electrons. The summed E-state index contributed by atoms with van der Waals surface area (Å²) in [4.78, 5) is 3.73. The van der Waals surface area contributed by atoms with Crippen LogP contribution >= 0.6 is 0 Å². The van der Waals surface area contributed by atoms with E-state index in [1.165, 1.54) is 6.07 Å². The molecule has 0 aliphatic heterocycles. The Balaban J connectivity index is 2.61. The fourth-order valence-electron chi connectivity index (χ4n) is 2.31. The highest BCUT2D eigenvalue weighted by Gasteiger charge is 2.42. The van der Waals surface area contributed by atoms with Gasteiger partial charge in [0.25, 0.3) is 0 Å². The predicted octanol–water partition coefficient (Wildman–Crippen LogP) is 3.77. The summed E-state index contributed by atoms with van der Waals surface area (Å²) in [6.07, 6.45) is -9.53. The molecule has 1 heterocycles. The zero-order valence-corrected chi connectivity index (χ0v) is 11.9. The average Bonchev–Trinajstić information content (AvgIpc) is 2.52. The van der Waals surface area contributed by atoms with Crippen molar-refractivity contribution in [2.75, 3.05) is 0 Å². The zero-order chi connectivity index (χ0) is 18.1. The minimum absolute atomic E-state index is 0.0106. The first-order valence-corrected chi connectivity index (χ1v) is 6.56. The lowest BCUT2D eigenvalue weighted by molar-refractivity contribution is -0.0981. The summed E-state index contributed by atoms with van der Waals surface area (Å²) in [5.41, 5.74) is 2.36. The van der Waals surface area contributed by atoms with Crippen molar-refractivity contribution < 1.29 is 31.5 Å². The fraction of sp³-hybridized carbons (Fsp3) is 0.286. The molecule has 0 bridgehead atoms. The Morgan fingerprint density at radius 2 is 1.79 bits per heavy atom. The molecule has 1 aliphatic carbocycles. The molecule has 0 amide bonds. The van der Waals surface area contributed by atoms with Crippen LogP contribution in [0.1, 0.15) is 24.1 Å². The molecule has 0 unspecified atom stereocenters. The van der Waals surface area contributed by atoms with Crippen LogP contribution in [0.5, 0.6) is 0 Å². The number of halogens is 6. The number of alkyl halides is 6. The number of aromatic nitrogens is 1. The predicted molar refractivity (Wildman–Crippen MR) is 73.1 cm³/mol. The topological polar surface area (TPSA) is 71.5 Å². The molecule has 1 aliphatic rings. The second-order valence-corrected chi connectivity index (χ2v) is 4.97. The number of allylic oxidation sites excluding steroid dienone is 4. The first-order valence-electron chi connectivity index (χ1n) is 6.56. The first kappa shape index (κ1) is 17.8. The van der Waals surface area contributed by atoms with Crippen molar-refractivity contribution in [2.45, 2.75) is 25.2 Å². The van der Waals surface area contributed by atoms with Gasteiger partial charge in [0, 0.05) is 11.8 Å². The summed E-state index contributed by atoms with van der Waals surface area (Å²) >= 11 is 0. The first-order chi connectivity index (χ1) is 11.0. The quantitative estimate of drug-likeness (QED) is 0.280. The maximum atomic E-state index is 13.2. The van der Waals surface area contributed by atoms with Gasteiger partial charge >= 0.3 is 12.4 Å². The Labute approximate surface area is 132 Å². The van der Waals surface area contributed by atoms with Gasteiger partial charge in [0.15, 0.2) is 5.84 Å². The van der Waals surface area contributed by atoms with Crippen molar-refractivity contribution in [1.29, 1.82) is 0 Å². The van der Waals surface area contributed by atoms with Crippen LogP contribution in [0.4, 0.5) is 26.3 Å². The van der Waals surface area contributed by atoms with Gasteiger partial charge in [-0.25, -0.2) is 0 Å². The van der Waals surface area contributed by atoms with E-state index in [1.807, 2.05) is 0 Å². The standard InChI is InChI=1S/C14H11F6N3O/c15-13(16,17)8-1-2-9(10(6-8)14(18,19)20)7-3-4-22-11(5-7)12(21)23-24/h3-6,24H,1-2H2,(H2,21,23). The van der Waals surface area contributed by atoms with Gasteiger partial charge in [0.1, 0.15) is 5.69 Å². The van der Waals surface area contributed by atoms with E-state index in [0.717, 1.165) is 12.3 Å². The second kappa shape index (κ2) is 6.17. The number of oxime groups is 1. The third-order valence-corrected chi connectivity index (χ3v) is 3.44. The summed E-state index contributed by atoms with van der Waals surface area (Å²) in [6.45, 7) is 0. The van der Waals surface area contributed by atoms with Gasteiger partial charge in [-0.1, -0.05) is 5.16 Å². The minimum Gasteiger partial charge on any atom is -0.409 e. The van der Waals surface area contributed by atoms with Crippen molar-refractivity contribution >= 4 is 11.4 Å². The van der Waals surface area contributed by atoms with Gasteiger partial charge in [-0.2, -0.15) is 26.3 Å². The van der Waals surface area contributed by atoms with E-state index in [1.54, 1.807) is 0 Å². The summed E-state index contributed by atoms with van der Waals surface area (Å²) in [5.74, 6) is -0.423. The molecule has 1 aromatic rings. The SMILES string of the molecule is N/C(=N\O)c1cc(C2=C(C(F)(F)F)C=C(C(F)(F)F)CC2)ccn1. The van der Waals surface area contributed by atoms with E-state index in [-0.39, 0.29) is 22.9 Å². The Morgan fingerprint density at radius 3 is 2.33 bits per heavy atom. The van der Waals surface area contributed by atoms with Gasteiger partial charge in [0.2, 0.25) is 0 Å². The van der Waals surface area contributed by atoms with Gasteiger partial charge in [0.05, 0.1) is 5.57 Å². The average molecular weight is 351 g/mol. The van der Waals surface area contributed by atoms with Crippen molar-refractivity contribution in [1.82, 2.24) is 4.98 Å². The highest BCUT2D eigenvalue weighted by Crippen LogP contribution is 2.43.